The van der Waals surface area contributed by atoms with Crippen LogP contribution in [0.2, 0.25) is 0 Å². The van der Waals surface area contributed by atoms with Gasteiger partial charge in [-0.3, -0.25) is 24.0 Å². The van der Waals surface area contributed by atoms with Gasteiger partial charge in [0.05, 0.1) is 0 Å². The Morgan fingerprint density at radius 3 is 2.04 bits per heavy atom. The Balaban J connectivity index is 2.33. The van der Waals surface area contributed by atoms with E-state index in [1.165, 1.54) is 32.6 Å². The lowest BCUT2D eigenvalue weighted by molar-refractivity contribution is -0.142. The SMILES string of the molecule is C[C@@H]1NC(=O)[C@H](C)NC(=O)[C@H]2CCCN2C(=O)[C@H](C)NC(=O)C(C)(C)NC1=O. The number of rotatable bonds is 0. The van der Waals surface area contributed by atoms with E-state index in [0.717, 1.165) is 0 Å². The van der Waals surface area contributed by atoms with E-state index < -0.39 is 53.3 Å². The highest BCUT2D eigenvalue weighted by atomic mass is 16.2. The van der Waals surface area contributed by atoms with Crippen molar-refractivity contribution in [2.24, 2.45) is 0 Å². The molecule has 0 radical (unpaired) electrons. The number of carbonyl (C=O) groups excluding carboxylic acids is 5. The molecule has 0 bridgehead atoms. The maximum absolute atomic E-state index is 12.8. The maximum atomic E-state index is 12.8. The van der Waals surface area contributed by atoms with E-state index >= 15 is 0 Å². The van der Waals surface area contributed by atoms with Gasteiger partial charge in [-0.05, 0) is 47.5 Å². The summed E-state index contributed by atoms with van der Waals surface area (Å²) in [4.78, 5) is 64.1. The number of amides is 5. The Morgan fingerprint density at radius 1 is 0.821 bits per heavy atom. The fourth-order valence-corrected chi connectivity index (χ4v) is 3.24. The fraction of sp³-hybridized carbons (Fsp3) is 0.722. The van der Waals surface area contributed by atoms with Crippen molar-refractivity contribution in [3.63, 3.8) is 0 Å². The Hall–Kier alpha value is -2.65. The highest BCUT2D eigenvalue weighted by molar-refractivity contribution is 5.98. The van der Waals surface area contributed by atoms with Crippen molar-refractivity contribution >= 4 is 29.5 Å². The summed E-state index contributed by atoms with van der Waals surface area (Å²) in [7, 11) is 0. The van der Waals surface area contributed by atoms with Crippen LogP contribution in [0.3, 0.4) is 0 Å². The Bertz CT molecular complexity index is 692. The quantitative estimate of drug-likeness (QED) is 0.392. The minimum Gasteiger partial charge on any atom is -0.343 e. The molecule has 4 atom stereocenters. The molecule has 156 valence electrons. The number of nitrogens with zero attached hydrogens (tertiary/aromatic N) is 1. The van der Waals surface area contributed by atoms with Crippen LogP contribution in [0.4, 0.5) is 0 Å². The van der Waals surface area contributed by atoms with Gasteiger partial charge in [0.2, 0.25) is 29.5 Å². The Morgan fingerprint density at radius 2 is 1.39 bits per heavy atom. The minimum atomic E-state index is -1.30. The molecule has 5 amide bonds. The first-order valence-electron chi connectivity index (χ1n) is 9.48. The van der Waals surface area contributed by atoms with Crippen molar-refractivity contribution in [2.75, 3.05) is 6.54 Å². The molecule has 4 N–H and O–H groups in total. The van der Waals surface area contributed by atoms with Crippen LogP contribution in [0.1, 0.15) is 47.5 Å². The maximum Gasteiger partial charge on any atom is 0.245 e. The lowest BCUT2D eigenvalue weighted by Gasteiger charge is -2.30. The van der Waals surface area contributed by atoms with Crippen molar-refractivity contribution in [3.05, 3.63) is 0 Å². The molecule has 0 saturated carbocycles. The van der Waals surface area contributed by atoms with Crippen molar-refractivity contribution in [1.29, 1.82) is 0 Å². The summed E-state index contributed by atoms with van der Waals surface area (Å²) in [5, 5.41) is 10.3. The first kappa shape index (κ1) is 21.6. The molecule has 2 fully saturated rings. The fourth-order valence-electron chi connectivity index (χ4n) is 3.24. The molecule has 0 aliphatic carbocycles. The van der Waals surface area contributed by atoms with Gasteiger partial charge in [0.25, 0.3) is 0 Å². The standard InChI is InChI=1S/C18H29N5O5/c1-9-13(24)19-10(2)14(25)22-18(4,5)17(28)21-11(3)16(27)23-8-6-7-12(23)15(26)20-9/h9-12H,6-8H2,1-5H3,(H,19,24)(H,20,26)(H,21,28)(H,22,25)/t9-,10-,11-,12+/m0/s1. The molecule has 10 nitrogen and oxygen atoms in total. The summed E-state index contributed by atoms with van der Waals surface area (Å²) in [6, 6.07) is -3.35. The summed E-state index contributed by atoms with van der Waals surface area (Å²) in [6.07, 6.45) is 1.14. The molecule has 2 aliphatic rings. The van der Waals surface area contributed by atoms with Crippen LogP contribution in [0.25, 0.3) is 0 Å². The zero-order chi connectivity index (χ0) is 21.2. The van der Waals surface area contributed by atoms with Crippen LogP contribution >= 0.6 is 0 Å². The zero-order valence-electron chi connectivity index (χ0n) is 16.9. The van der Waals surface area contributed by atoms with E-state index in [-0.39, 0.29) is 5.91 Å². The summed E-state index contributed by atoms with van der Waals surface area (Å²) in [6.45, 7) is 7.95. The molecule has 2 heterocycles. The molecule has 2 rings (SSSR count). The lowest BCUT2D eigenvalue weighted by atomic mass is 10.0. The van der Waals surface area contributed by atoms with Crippen molar-refractivity contribution in [2.45, 2.75) is 77.2 Å². The first-order valence-corrected chi connectivity index (χ1v) is 9.48. The molecule has 10 heteroatoms. The molecule has 2 saturated heterocycles. The Labute approximate surface area is 164 Å². The molecule has 0 aromatic rings. The average molecular weight is 395 g/mol. The van der Waals surface area contributed by atoms with E-state index in [4.69, 9.17) is 0 Å². The molecule has 0 aromatic heterocycles. The highest BCUT2D eigenvalue weighted by Crippen LogP contribution is 2.19. The highest BCUT2D eigenvalue weighted by Gasteiger charge is 2.39. The van der Waals surface area contributed by atoms with E-state index in [2.05, 4.69) is 21.3 Å². The van der Waals surface area contributed by atoms with E-state index in [0.29, 0.717) is 19.4 Å². The van der Waals surface area contributed by atoms with Gasteiger partial charge in [-0.1, -0.05) is 0 Å². The molecule has 2 aliphatic heterocycles. The average Bonchev–Trinajstić information content (AvgIpc) is 3.09. The summed E-state index contributed by atoms with van der Waals surface area (Å²) in [5.41, 5.74) is -1.30. The van der Waals surface area contributed by atoms with Crippen LogP contribution in [-0.2, 0) is 24.0 Å². The number of fused-ring (bicyclic) bond motifs is 1. The molecule has 0 unspecified atom stereocenters. The van der Waals surface area contributed by atoms with Crippen molar-refractivity contribution in [1.82, 2.24) is 26.2 Å². The van der Waals surface area contributed by atoms with Crippen LogP contribution in [-0.4, -0.2) is 70.7 Å². The number of carbonyl (C=O) groups is 5. The second-order valence-electron chi connectivity index (χ2n) is 7.96. The van der Waals surface area contributed by atoms with Crippen LogP contribution in [0.15, 0.2) is 0 Å². The number of nitrogens with one attached hydrogen (secondary N) is 4. The van der Waals surface area contributed by atoms with Gasteiger partial charge in [0.1, 0.15) is 29.7 Å². The molecular formula is C18H29N5O5. The van der Waals surface area contributed by atoms with E-state index in [1.54, 1.807) is 6.92 Å². The van der Waals surface area contributed by atoms with Crippen LogP contribution in [0.5, 0.6) is 0 Å². The predicted octanol–water partition coefficient (Wildman–Crippen LogP) is -1.60. The smallest absolute Gasteiger partial charge is 0.245 e. The van der Waals surface area contributed by atoms with Crippen molar-refractivity contribution in [3.8, 4) is 0 Å². The van der Waals surface area contributed by atoms with Crippen LogP contribution < -0.4 is 21.3 Å². The monoisotopic (exact) mass is 395 g/mol. The van der Waals surface area contributed by atoms with Gasteiger partial charge in [-0.25, -0.2) is 0 Å². The molecule has 0 aromatic carbocycles. The summed E-state index contributed by atoms with van der Waals surface area (Å²) >= 11 is 0. The van der Waals surface area contributed by atoms with Gasteiger partial charge in [0.15, 0.2) is 0 Å². The largest absolute Gasteiger partial charge is 0.343 e. The predicted molar refractivity (Wildman–Crippen MR) is 99.8 cm³/mol. The second kappa shape index (κ2) is 8.15. The first-order chi connectivity index (χ1) is 12.9. The summed E-state index contributed by atoms with van der Waals surface area (Å²) < 4.78 is 0. The van der Waals surface area contributed by atoms with Gasteiger partial charge in [-0.2, -0.15) is 0 Å². The van der Waals surface area contributed by atoms with Gasteiger partial charge in [-0.15, -0.1) is 0 Å². The van der Waals surface area contributed by atoms with Crippen molar-refractivity contribution < 1.29 is 24.0 Å². The van der Waals surface area contributed by atoms with Gasteiger partial charge in [0, 0.05) is 6.54 Å². The molecular weight excluding hydrogens is 366 g/mol. The lowest BCUT2D eigenvalue weighted by Crippen LogP contribution is -2.61. The Kier molecular flexibility index (Phi) is 6.30. The minimum absolute atomic E-state index is 0.381. The third kappa shape index (κ3) is 4.60. The van der Waals surface area contributed by atoms with Gasteiger partial charge >= 0.3 is 0 Å². The molecule has 28 heavy (non-hydrogen) atoms. The number of hydrogen-bond donors (Lipinski definition) is 4. The topological polar surface area (TPSA) is 137 Å². The number of hydrogen-bond acceptors (Lipinski definition) is 5. The third-order valence-electron chi connectivity index (χ3n) is 5.06. The molecule has 0 spiro atoms. The van der Waals surface area contributed by atoms with Crippen LogP contribution in [0, 0.1) is 0 Å². The van der Waals surface area contributed by atoms with E-state index in [1.807, 2.05) is 0 Å². The third-order valence-corrected chi connectivity index (χ3v) is 5.06. The second-order valence-corrected chi connectivity index (χ2v) is 7.96. The zero-order valence-corrected chi connectivity index (χ0v) is 16.9. The summed E-state index contributed by atoms with van der Waals surface area (Å²) in [5.74, 6) is -2.43. The normalized spacial score (nSPS) is 32.3. The van der Waals surface area contributed by atoms with E-state index in [9.17, 15) is 24.0 Å². The van der Waals surface area contributed by atoms with Gasteiger partial charge < -0.3 is 26.2 Å².